The van der Waals surface area contributed by atoms with Gasteiger partial charge in [-0.1, -0.05) is 30.3 Å². The number of benzene rings is 3. The van der Waals surface area contributed by atoms with E-state index in [9.17, 15) is 4.79 Å². The number of hydrogen-bond donors (Lipinski definition) is 1. The zero-order valence-corrected chi connectivity index (χ0v) is 22.4. The van der Waals surface area contributed by atoms with Crippen molar-refractivity contribution in [1.29, 1.82) is 0 Å². The second-order valence-corrected chi connectivity index (χ2v) is 9.80. The van der Waals surface area contributed by atoms with Crippen LogP contribution in [0.15, 0.2) is 77.9 Å². The quantitative estimate of drug-likeness (QED) is 0.292. The molecular weight excluding hydrogens is 528 g/mol. The third kappa shape index (κ3) is 4.35. The van der Waals surface area contributed by atoms with E-state index in [1.165, 1.54) is 27.7 Å². The number of fused-ring (bicyclic) bond motifs is 2. The van der Waals surface area contributed by atoms with Crippen molar-refractivity contribution in [2.24, 2.45) is 0 Å². The molecule has 0 aliphatic carbocycles. The summed E-state index contributed by atoms with van der Waals surface area (Å²) in [4.78, 5) is 27.1. The molecule has 3 aromatic heterocycles. The molecular formula is C30H25F2N7O2. The summed E-state index contributed by atoms with van der Waals surface area (Å²) in [7, 11) is 0. The van der Waals surface area contributed by atoms with Crippen LogP contribution in [0, 0.1) is 11.6 Å². The number of halogens is 2. The summed E-state index contributed by atoms with van der Waals surface area (Å²) in [6.07, 6.45) is 0.914. The van der Waals surface area contributed by atoms with E-state index in [-0.39, 0.29) is 45.5 Å². The number of nitrogen functional groups attached to an aromatic ring is 1. The van der Waals surface area contributed by atoms with Gasteiger partial charge >= 0.3 is 0 Å². The highest BCUT2D eigenvalue weighted by Gasteiger charge is 2.27. The van der Waals surface area contributed by atoms with Crippen molar-refractivity contribution < 1.29 is 13.5 Å². The van der Waals surface area contributed by atoms with Crippen LogP contribution in [0.4, 0.5) is 14.6 Å². The molecule has 3 aromatic carbocycles. The van der Waals surface area contributed by atoms with Crippen molar-refractivity contribution in [1.82, 2.24) is 29.3 Å². The van der Waals surface area contributed by atoms with Crippen LogP contribution < -0.4 is 16.0 Å². The van der Waals surface area contributed by atoms with Crippen LogP contribution in [0.2, 0.25) is 0 Å². The third-order valence-corrected chi connectivity index (χ3v) is 6.74. The van der Waals surface area contributed by atoms with Gasteiger partial charge < -0.3 is 10.5 Å². The first kappa shape index (κ1) is 26.1. The van der Waals surface area contributed by atoms with Crippen LogP contribution >= 0.6 is 0 Å². The lowest BCUT2D eigenvalue weighted by atomic mass is 10.1. The second-order valence-electron chi connectivity index (χ2n) is 9.80. The Morgan fingerprint density at radius 2 is 1.63 bits per heavy atom. The summed E-state index contributed by atoms with van der Waals surface area (Å²) >= 11 is 0. The van der Waals surface area contributed by atoms with Gasteiger partial charge in [-0.05, 0) is 57.2 Å². The van der Waals surface area contributed by atoms with Gasteiger partial charge in [0, 0.05) is 5.56 Å². The van der Waals surface area contributed by atoms with Crippen LogP contribution in [-0.2, 0) is 0 Å². The minimum absolute atomic E-state index is 0.0395. The van der Waals surface area contributed by atoms with E-state index < -0.39 is 17.7 Å². The lowest BCUT2D eigenvalue weighted by Crippen LogP contribution is -2.27. The Labute approximate surface area is 232 Å². The summed E-state index contributed by atoms with van der Waals surface area (Å²) in [5, 5.41) is 5.36. The van der Waals surface area contributed by atoms with Gasteiger partial charge in [-0.25, -0.2) is 24.0 Å². The van der Waals surface area contributed by atoms with Gasteiger partial charge in [0.05, 0.1) is 28.1 Å². The van der Waals surface area contributed by atoms with E-state index in [4.69, 9.17) is 15.5 Å². The van der Waals surface area contributed by atoms with Crippen molar-refractivity contribution in [2.45, 2.75) is 32.9 Å². The molecule has 0 bridgehead atoms. The molecule has 0 spiro atoms. The molecule has 0 fully saturated rings. The van der Waals surface area contributed by atoms with Crippen LogP contribution in [0.25, 0.3) is 38.9 Å². The Morgan fingerprint density at radius 3 is 2.39 bits per heavy atom. The van der Waals surface area contributed by atoms with E-state index in [0.29, 0.717) is 22.4 Å². The zero-order valence-electron chi connectivity index (χ0n) is 22.4. The Kier molecular flexibility index (Phi) is 6.41. The predicted octanol–water partition coefficient (Wildman–Crippen LogP) is 5.45. The standard InChI is InChI=1S/C30H25F2N7O2/c1-16(2)41-22-14-13-20(24(31)25(22)32)26-23-27(33)34-15-35-29(23)39(37-26)17(3)28-36-21-12-8-7-11-19(21)30(40)38(28)18-9-5-4-6-10-18/h4-17H,1-3H3,(H2,33,34,35)/t17-/m1/s1. The van der Waals surface area contributed by atoms with Crippen molar-refractivity contribution in [3.05, 3.63) is 101 Å². The number of nitrogens with zero attached hydrogens (tertiary/aromatic N) is 6. The van der Waals surface area contributed by atoms with E-state index in [1.807, 2.05) is 18.2 Å². The number of hydrogen-bond acceptors (Lipinski definition) is 7. The lowest BCUT2D eigenvalue weighted by molar-refractivity contribution is 0.228. The highest BCUT2D eigenvalue weighted by Crippen LogP contribution is 2.37. The van der Waals surface area contributed by atoms with Gasteiger partial charge in [0.15, 0.2) is 17.2 Å². The smallest absolute Gasteiger partial charge is 0.266 e. The molecule has 0 amide bonds. The number of anilines is 1. The molecule has 6 rings (SSSR count). The van der Waals surface area contributed by atoms with Gasteiger partial charge in [-0.3, -0.25) is 9.36 Å². The zero-order chi connectivity index (χ0) is 28.8. The number of ether oxygens (including phenoxy) is 1. The Hall–Kier alpha value is -5.19. The Bertz CT molecular complexity index is 1990. The number of rotatable bonds is 6. The van der Waals surface area contributed by atoms with Crippen molar-refractivity contribution in [3.63, 3.8) is 0 Å². The average Bonchev–Trinajstić information content (AvgIpc) is 3.36. The van der Waals surface area contributed by atoms with E-state index in [1.54, 1.807) is 57.2 Å². The monoisotopic (exact) mass is 553 g/mol. The molecule has 0 radical (unpaired) electrons. The normalized spacial score (nSPS) is 12.3. The van der Waals surface area contributed by atoms with Crippen LogP contribution in [0.5, 0.6) is 5.75 Å². The molecule has 0 saturated carbocycles. The summed E-state index contributed by atoms with van der Waals surface area (Å²) in [6, 6.07) is 18.2. The molecule has 11 heteroatoms. The topological polar surface area (TPSA) is 114 Å². The Balaban J connectivity index is 1.60. The van der Waals surface area contributed by atoms with Gasteiger partial charge in [-0.2, -0.15) is 9.49 Å². The fourth-order valence-corrected chi connectivity index (χ4v) is 4.88. The minimum Gasteiger partial charge on any atom is -0.488 e. The Morgan fingerprint density at radius 1 is 0.902 bits per heavy atom. The molecule has 41 heavy (non-hydrogen) atoms. The highest BCUT2D eigenvalue weighted by molar-refractivity contribution is 5.98. The minimum atomic E-state index is -1.14. The molecule has 0 aliphatic rings. The van der Waals surface area contributed by atoms with Crippen LogP contribution in [0.1, 0.15) is 32.6 Å². The summed E-state index contributed by atoms with van der Waals surface area (Å²) < 4.78 is 38.9. The molecule has 0 saturated heterocycles. The van der Waals surface area contributed by atoms with Gasteiger partial charge in [-0.15, -0.1) is 0 Å². The fourth-order valence-electron chi connectivity index (χ4n) is 4.88. The maximum atomic E-state index is 15.5. The molecule has 2 N–H and O–H groups in total. The molecule has 9 nitrogen and oxygen atoms in total. The van der Waals surface area contributed by atoms with Crippen LogP contribution in [-0.4, -0.2) is 35.4 Å². The van der Waals surface area contributed by atoms with Crippen LogP contribution in [0.3, 0.4) is 0 Å². The fraction of sp³-hybridized carbons (Fsp3) is 0.167. The van der Waals surface area contributed by atoms with Gasteiger partial charge in [0.1, 0.15) is 29.7 Å². The summed E-state index contributed by atoms with van der Waals surface area (Å²) in [5.74, 6) is -2.10. The van der Waals surface area contributed by atoms with Crippen molar-refractivity contribution >= 4 is 27.8 Å². The third-order valence-electron chi connectivity index (χ3n) is 6.74. The highest BCUT2D eigenvalue weighted by atomic mass is 19.2. The average molecular weight is 554 g/mol. The molecule has 206 valence electrons. The molecule has 6 aromatic rings. The number of para-hydroxylation sites is 2. The van der Waals surface area contributed by atoms with E-state index in [2.05, 4.69) is 15.1 Å². The first-order valence-corrected chi connectivity index (χ1v) is 13.0. The molecule has 0 aliphatic heterocycles. The van der Waals surface area contributed by atoms with E-state index in [0.717, 1.165) is 0 Å². The van der Waals surface area contributed by atoms with Gasteiger partial charge in [0.25, 0.3) is 5.56 Å². The van der Waals surface area contributed by atoms with Gasteiger partial charge in [0.2, 0.25) is 5.82 Å². The first-order valence-electron chi connectivity index (χ1n) is 13.0. The summed E-state index contributed by atoms with van der Waals surface area (Å²) in [6.45, 7) is 5.23. The van der Waals surface area contributed by atoms with E-state index >= 15 is 8.78 Å². The maximum Gasteiger partial charge on any atom is 0.266 e. The SMILES string of the molecule is CC(C)Oc1ccc(-c2nn([C@H](C)c3nc4ccccc4c(=O)n3-c3ccccc3)c3ncnc(N)c23)c(F)c1F. The number of nitrogens with two attached hydrogens (primary N) is 1. The maximum absolute atomic E-state index is 15.5. The lowest BCUT2D eigenvalue weighted by Gasteiger charge is -2.19. The van der Waals surface area contributed by atoms with Crippen molar-refractivity contribution in [3.8, 4) is 22.7 Å². The van der Waals surface area contributed by atoms with Crippen molar-refractivity contribution in [2.75, 3.05) is 5.73 Å². The molecule has 0 unspecified atom stereocenters. The first-order chi connectivity index (χ1) is 19.8. The predicted molar refractivity (Wildman–Crippen MR) is 152 cm³/mol. The molecule has 1 atom stereocenters. The number of aromatic nitrogens is 6. The summed E-state index contributed by atoms with van der Waals surface area (Å²) in [5.41, 5.74) is 7.27. The largest absolute Gasteiger partial charge is 0.488 e. The second kappa shape index (κ2) is 10.1. The molecule has 3 heterocycles.